The van der Waals surface area contributed by atoms with E-state index in [1.54, 1.807) is 24.3 Å². The van der Waals surface area contributed by atoms with Gasteiger partial charge in [0.05, 0.1) is 19.1 Å². The Kier molecular flexibility index (Phi) is 4.74. The van der Waals surface area contributed by atoms with E-state index < -0.39 is 6.04 Å². The monoisotopic (exact) mass is 271 g/mol. The van der Waals surface area contributed by atoms with E-state index in [-0.39, 0.29) is 24.7 Å². The molecule has 2 rings (SSSR count). The van der Waals surface area contributed by atoms with Crippen molar-refractivity contribution in [1.82, 2.24) is 5.32 Å². The maximum atomic E-state index is 12.0. The molecule has 0 radical (unpaired) electrons. The van der Waals surface area contributed by atoms with Crippen LogP contribution in [0.2, 0.25) is 0 Å². The number of hydrogen-bond acceptors (Lipinski definition) is 3. The summed E-state index contributed by atoms with van der Waals surface area (Å²) in [7, 11) is 0. The van der Waals surface area contributed by atoms with Crippen LogP contribution in [0.5, 0.6) is 5.75 Å². The Balaban J connectivity index is 2.00. The number of rotatable bonds is 5. The predicted octanol–water partition coefficient (Wildman–Crippen LogP) is 1.78. The molecule has 104 valence electrons. The Morgan fingerprint density at radius 3 is 2.50 bits per heavy atom. The first-order valence-corrected chi connectivity index (χ1v) is 6.42. The van der Waals surface area contributed by atoms with E-state index in [1.165, 1.54) is 0 Å². The highest BCUT2D eigenvalue weighted by Gasteiger charge is 2.13. The minimum atomic E-state index is -0.416. The molecule has 0 aliphatic heterocycles. The van der Waals surface area contributed by atoms with E-state index in [4.69, 9.17) is 0 Å². The maximum absolute atomic E-state index is 12.0. The largest absolute Gasteiger partial charge is 0.508 e. The van der Waals surface area contributed by atoms with Gasteiger partial charge in [-0.3, -0.25) is 4.79 Å². The average molecular weight is 271 g/mol. The number of amides is 1. The molecule has 20 heavy (non-hydrogen) atoms. The van der Waals surface area contributed by atoms with Gasteiger partial charge in [-0.25, -0.2) is 0 Å². The van der Waals surface area contributed by atoms with Gasteiger partial charge >= 0.3 is 0 Å². The third-order valence-corrected chi connectivity index (χ3v) is 2.99. The summed E-state index contributed by atoms with van der Waals surface area (Å²) in [4.78, 5) is 12.0. The van der Waals surface area contributed by atoms with Crippen LogP contribution in [-0.4, -0.2) is 22.7 Å². The first kappa shape index (κ1) is 14.1. The number of aliphatic hydroxyl groups excluding tert-OH is 1. The highest BCUT2D eigenvalue weighted by Crippen LogP contribution is 2.14. The molecule has 0 aliphatic rings. The standard InChI is InChI=1S/C16H17NO3/c18-11-15(13-6-2-1-3-7-13)17-16(20)10-12-5-4-8-14(19)9-12/h1-9,15,18-19H,10-11H2,(H,17,20)/t15-/m0/s1. The fraction of sp³-hybridized carbons (Fsp3) is 0.188. The molecular weight excluding hydrogens is 254 g/mol. The molecule has 2 aromatic rings. The topological polar surface area (TPSA) is 69.6 Å². The highest BCUT2D eigenvalue weighted by atomic mass is 16.3. The molecule has 4 heteroatoms. The SMILES string of the molecule is O=C(Cc1cccc(O)c1)N[C@@H](CO)c1ccccc1. The van der Waals surface area contributed by atoms with Crippen molar-refractivity contribution in [2.45, 2.75) is 12.5 Å². The summed E-state index contributed by atoms with van der Waals surface area (Å²) < 4.78 is 0. The number of nitrogens with one attached hydrogen (secondary N) is 1. The second-order valence-electron chi connectivity index (χ2n) is 4.56. The minimum absolute atomic E-state index is 0.136. The quantitative estimate of drug-likeness (QED) is 0.776. The van der Waals surface area contributed by atoms with Crippen molar-refractivity contribution in [1.29, 1.82) is 0 Å². The smallest absolute Gasteiger partial charge is 0.224 e. The molecule has 4 nitrogen and oxygen atoms in total. The molecule has 0 heterocycles. The van der Waals surface area contributed by atoms with Crippen molar-refractivity contribution in [3.63, 3.8) is 0 Å². The van der Waals surface area contributed by atoms with Gasteiger partial charge in [-0.2, -0.15) is 0 Å². The van der Waals surface area contributed by atoms with Crippen LogP contribution in [-0.2, 0) is 11.2 Å². The Morgan fingerprint density at radius 2 is 1.85 bits per heavy atom. The lowest BCUT2D eigenvalue weighted by Crippen LogP contribution is -2.31. The molecule has 2 aromatic carbocycles. The van der Waals surface area contributed by atoms with Gasteiger partial charge in [-0.15, -0.1) is 0 Å². The Bertz CT molecular complexity index is 569. The normalized spacial score (nSPS) is 11.8. The van der Waals surface area contributed by atoms with E-state index in [0.717, 1.165) is 11.1 Å². The van der Waals surface area contributed by atoms with Crippen LogP contribution in [0.3, 0.4) is 0 Å². The lowest BCUT2D eigenvalue weighted by atomic mass is 10.1. The molecule has 0 saturated heterocycles. The molecule has 0 spiro atoms. The molecule has 0 bridgehead atoms. The first-order valence-electron chi connectivity index (χ1n) is 6.42. The van der Waals surface area contributed by atoms with Crippen LogP contribution in [0.15, 0.2) is 54.6 Å². The van der Waals surface area contributed by atoms with E-state index >= 15 is 0 Å². The first-order chi connectivity index (χ1) is 9.69. The van der Waals surface area contributed by atoms with Gasteiger partial charge < -0.3 is 15.5 Å². The number of phenols is 1. The number of carbonyl (C=O) groups is 1. The van der Waals surface area contributed by atoms with Gasteiger partial charge in [0.25, 0.3) is 0 Å². The van der Waals surface area contributed by atoms with Crippen molar-refractivity contribution < 1.29 is 15.0 Å². The van der Waals surface area contributed by atoms with E-state index in [2.05, 4.69) is 5.32 Å². The fourth-order valence-electron chi connectivity index (χ4n) is 2.02. The average Bonchev–Trinajstić information content (AvgIpc) is 2.45. The van der Waals surface area contributed by atoms with Gasteiger partial charge in [0.2, 0.25) is 5.91 Å². The number of aromatic hydroxyl groups is 1. The fourth-order valence-corrected chi connectivity index (χ4v) is 2.02. The van der Waals surface area contributed by atoms with E-state index in [1.807, 2.05) is 30.3 Å². The predicted molar refractivity (Wildman–Crippen MR) is 76.2 cm³/mol. The van der Waals surface area contributed by atoms with Crippen LogP contribution in [0, 0.1) is 0 Å². The van der Waals surface area contributed by atoms with Crippen molar-refractivity contribution >= 4 is 5.91 Å². The zero-order chi connectivity index (χ0) is 14.4. The van der Waals surface area contributed by atoms with Crippen LogP contribution >= 0.6 is 0 Å². The summed E-state index contributed by atoms with van der Waals surface area (Å²) in [5.41, 5.74) is 1.59. The lowest BCUT2D eigenvalue weighted by Gasteiger charge is -2.16. The Labute approximate surface area is 117 Å². The summed E-state index contributed by atoms with van der Waals surface area (Å²) in [5.74, 6) is -0.0597. The van der Waals surface area contributed by atoms with Crippen LogP contribution in [0.25, 0.3) is 0 Å². The Morgan fingerprint density at radius 1 is 1.10 bits per heavy atom. The zero-order valence-electron chi connectivity index (χ0n) is 11.0. The third-order valence-electron chi connectivity index (χ3n) is 2.99. The van der Waals surface area contributed by atoms with Gasteiger partial charge in [-0.05, 0) is 23.3 Å². The lowest BCUT2D eigenvalue weighted by molar-refractivity contribution is -0.121. The summed E-state index contributed by atoms with van der Waals surface area (Å²) in [5, 5.41) is 21.5. The molecule has 0 unspecified atom stereocenters. The van der Waals surface area contributed by atoms with Crippen molar-refractivity contribution in [3.8, 4) is 5.75 Å². The van der Waals surface area contributed by atoms with E-state index in [0.29, 0.717) is 0 Å². The molecular formula is C16H17NO3. The van der Waals surface area contributed by atoms with E-state index in [9.17, 15) is 15.0 Å². The second kappa shape index (κ2) is 6.73. The number of hydrogen-bond donors (Lipinski definition) is 3. The molecule has 0 saturated carbocycles. The van der Waals surface area contributed by atoms with Crippen molar-refractivity contribution in [3.05, 3.63) is 65.7 Å². The van der Waals surface area contributed by atoms with Gasteiger partial charge in [0.1, 0.15) is 5.75 Å². The summed E-state index contributed by atoms with van der Waals surface area (Å²) in [6.45, 7) is -0.157. The van der Waals surface area contributed by atoms with Gasteiger partial charge in [-0.1, -0.05) is 42.5 Å². The molecule has 1 amide bonds. The Hall–Kier alpha value is -2.33. The summed E-state index contributed by atoms with van der Waals surface area (Å²) in [6, 6.07) is 15.5. The molecule has 3 N–H and O–H groups in total. The minimum Gasteiger partial charge on any atom is -0.508 e. The van der Waals surface area contributed by atoms with Crippen molar-refractivity contribution in [2.24, 2.45) is 0 Å². The van der Waals surface area contributed by atoms with Crippen LogP contribution in [0.4, 0.5) is 0 Å². The molecule has 0 aromatic heterocycles. The number of carbonyl (C=O) groups excluding carboxylic acids is 1. The summed E-state index contributed by atoms with van der Waals surface area (Å²) >= 11 is 0. The number of phenolic OH excluding ortho intramolecular Hbond substituents is 1. The van der Waals surface area contributed by atoms with Crippen LogP contribution < -0.4 is 5.32 Å². The highest BCUT2D eigenvalue weighted by molar-refractivity contribution is 5.79. The summed E-state index contributed by atoms with van der Waals surface area (Å²) in [6.07, 6.45) is 0.164. The third kappa shape index (κ3) is 3.83. The second-order valence-corrected chi connectivity index (χ2v) is 4.56. The zero-order valence-corrected chi connectivity index (χ0v) is 11.0. The van der Waals surface area contributed by atoms with Gasteiger partial charge in [0.15, 0.2) is 0 Å². The molecule has 0 aliphatic carbocycles. The number of aliphatic hydroxyl groups is 1. The number of benzene rings is 2. The van der Waals surface area contributed by atoms with Gasteiger partial charge in [0, 0.05) is 0 Å². The molecule has 1 atom stereocenters. The molecule has 0 fully saturated rings. The van der Waals surface area contributed by atoms with Crippen molar-refractivity contribution in [2.75, 3.05) is 6.61 Å². The maximum Gasteiger partial charge on any atom is 0.224 e. The van der Waals surface area contributed by atoms with Crippen LogP contribution in [0.1, 0.15) is 17.2 Å².